The molecule has 0 aromatic heterocycles. The van der Waals surface area contributed by atoms with E-state index in [9.17, 15) is 8.78 Å². The first kappa shape index (κ1) is 15.4. The highest BCUT2D eigenvalue weighted by Crippen LogP contribution is 2.21. The van der Waals surface area contributed by atoms with Crippen LogP contribution in [0.3, 0.4) is 0 Å². The molecule has 2 rings (SSSR count). The second kappa shape index (κ2) is 6.66. The van der Waals surface area contributed by atoms with E-state index in [0.29, 0.717) is 27.9 Å². The van der Waals surface area contributed by atoms with Gasteiger partial charge in [0.05, 0.1) is 0 Å². The first-order valence-corrected chi connectivity index (χ1v) is 7.26. The lowest BCUT2D eigenvalue weighted by molar-refractivity contribution is 0.582. The molecule has 0 heterocycles. The van der Waals surface area contributed by atoms with E-state index in [1.807, 2.05) is 0 Å². The summed E-state index contributed by atoms with van der Waals surface area (Å²) in [6, 6.07) is 8.80. The van der Waals surface area contributed by atoms with Crippen LogP contribution in [0.4, 0.5) is 8.78 Å². The summed E-state index contributed by atoms with van der Waals surface area (Å²) in [4.78, 5) is 0. The first-order chi connectivity index (χ1) is 9.45. The zero-order valence-electron chi connectivity index (χ0n) is 10.5. The van der Waals surface area contributed by atoms with E-state index in [0.717, 1.165) is 5.56 Å². The molecule has 0 aliphatic heterocycles. The largest absolute Gasteiger partial charge is 0.327 e. The number of rotatable bonds is 4. The summed E-state index contributed by atoms with van der Waals surface area (Å²) in [6.45, 7) is 0. The number of nitrogens with two attached hydrogens (primary N) is 1. The summed E-state index contributed by atoms with van der Waals surface area (Å²) in [5, 5.41) is 0.344. The van der Waals surface area contributed by atoms with Crippen molar-refractivity contribution in [1.29, 1.82) is 0 Å². The fourth-order valence-electron chi connectivity index (χ4n) is 2.01. The van der Waals surface area contributed by atoms with Crippen LogP contribution in [0, 0.1) is 11.6 Å². The van der Waals surface area contributed by atoms with Crippen LogP contribution in [0.25, 0.3) is 0 Å². The molecule has 0 amide bonds. The van der Waals surface area contributed by atoms with E-state index < -0.39 is 0 Å². The molecule has 1 atom stereocenters. The lowest BCUT2D eigenvalue weighted by atomic mass is 9.99. The molecule has 0 saturated heterocycles. The molecule has 0 bridgehead atoms. The molecule has 0 radical (unpaired) electrons. The maximum Gasteiger partial charge on any atom is 0.127 e. The lowest BCUT2D eigenvalue weighted by Gasteiger charge is -2.13. The van der Waals surface area contributed by atoms with Crippen molar-refractivity contribution < 1.29 is 8.78 Å². The molecule has 0 fully saturated rings. The Hall–Kier alpha value is -0.970. The van der Waals surface area contributed by atoms with Crippen molar-refractivity contribution in [2.45, 2.75) is 18.9 Å². The van der Waals surface area contributed by atoms with E-state index in [1.54, 1.807) is 18.2 Å². The maximum atomic E-state index is 13.7. The van der Waals surface area contributed by atoms with Gasteiger partial charge in [-0.1, -0.05) is 39.7 Å². The molecule has 1 nitrogen and oxygen atoms in total. The Kier molecular flexibility index (Phi) is 5.13. The molecule has 20 heavy (non-hydrogen) atoms. The third-order valence-corrected chi connectivity index (χ3v) is 3.84. The molecule has 0 spiro atoms. The van der Waals surface area contributed by atoms with Crippen molar-refractivity contribution in [3.05, 3.63) is 68.7 Å². The third-order valence-electron chi connectivity index (χ3n) is 2.99. The number of hydrogen-bond donors (Lipinski definition) is 1. The van der Waals surface area contributed by atoms with Crippen molar-refractivity contribution in [2.75, 3.05) is 0 Å². The molecule has 5 heteroatoms. The predicted molar refractivity (Wildman–Crippen MR) is 80.9 cm³/mol. The Morgan fingerprint density at radius 2 is 1.70 bits per heavy atom. The Morgan fingerprint density at radius 3 is 2.35 bits per heavy atom. The SMILES string of the molecule is NC(Cc1ccc(Br)cc1F)Cc1ccc(F)cc1Cl. The molecular weight excluding hydrogens is 348 g/mol. The second-order valence-electron chi connectivity index (χ2n) is 4.64. The van der Waals surface area contributed by atoms with Crippen molar-refractivity contribution in [2.24, 2.45) is 5.73 Å². The van der Waals surface area contributed by atoms with Gasteiger partial charge < -0.3 is 5.73 Å². The van der Waals surface area contributed by atoms with Crippen molar-refractivity contribution in [1.82, 2.24) is 0 Å². The van der Waals surface area contributed by atoms with E-state index in [1.165, 1.54) is 18.2 Å². The topological polar surface area (TPSA) is 26.0 Å². The van der Waals surface area contributed by atoms with Crippen molar-refractivity contribution in [3.63, 3.8) is 0 Å². The van der Waals surface area contributed by atoms with E-state index in [-0.39, 0.29) is 17.7 Å². The zero-order chi connectivity index (χ0) is 14.7. The van der Waals surface area contributed by atoms with Gasteiger partial charge in [0.15, 0.2) is 0 Å². The van der Waals surface area contributed by atoms with Gasteiger partial charge >= 0.3 is 0 Å². The van der Waals surface area contributed by atoms with Gasteiger partial charge in [-0.05, 0) is 48.2 Å². The smallest absolute Gasteiger partial charge is 0.127 e. The van der Waals surface area contributed by atoms with Gasteiger partial charge in [0, 0.05) is 15.5 Å². The molecule has 2 aromatic rings. The van der Waals surface area contributed by atoms with Gasteiger partial charge in [-0.3, -0.25) is 0 Å². The number of benzene rings is 2. The zero-order valence-corrected chi connectivity index (χ0v) is 12.9. The summed E-state index contributed by atoms with van der Waals surface area (Å²) in [6.07, 6.45) is 0.863. The second-order valence-corrected chi connectivity index (χ2v) is 5.96. The minimum atomic E-state index is -0.383. The van der Waals surface area contributed by atoms with Gasteiger partial charge in [0.25, 0.3) is 0 Å². The van der Waals surface area contributed by atoms with Crippen LogP contribution in [0.1, 0.15) is 11.1 Å². The summed E-state index contributed by atoms with van der Waals surface area (Å²) in [5.74, 6) is -0.675. The molecule has 0 aliphatic carbocycles. The van der Waals surface area contributed by atoms with E-state index in [4.69, 9.17) is 17.3 Å². The molecule has 2 N–H and O–H groups in total. The van der Waals surface area contributed by atoms with Crippen LogP contribution in [-0.2, 0) is 12.8 Å². The van der Waals surface area contributed by atoms with Crippen molar-refractivity contribution in [3.8, 4) is 0 Å². The fraction of sp³-hybridized carbons (Fsp3) is 0.200. The molecule has 106 valence electrons. The van der Waals surface area contributed by atoms with Gasteiger partial charge in [0.1, 0.15) is 11.6 Å². The summed E-state index contributed by atoms with van der Waals surface area (Å²) in [7, 11) is 0. The molecular formula is C15H13BrClF2N. The summed E-state index contributed by atoms with van der Waals surface area (Å²) < 4.78 is 27.4. The molecule has 2 aromatic carbocycles. The Bertz CT molecular complexity index is 565. The summed E-state index contributed by atoms with van der Waals surface area (Å²) in [5.41, 5.74) is 7.34. The van der Waals surface area contributed by atoms with Gasteiger partial charge in [0.2, 0.25) is 0 Å². The fourth-order valence-corrected chi connectivity index (χ4v) is 2.59. The molecule has 0 saturated carbocycles. The minimum Gasteiger partial charge on any atom is -0.327 e. The highest BCUT2D eigenvalue weighted by molar-refractivity contribution is 9.10. The van der Waals surface area contributed by atoms with Crippen molar-refractivity contribution >= 4 is 27.5 Å². The van der Waals surface area contributed by atoms with Crippen LogP contribution in [0.2, 0.25) is 5.02 Å². The standard InChI is InChI=1S/C15H13BrClF2N/c16-11-3-1-10(15(19)7-11)6-13(20)5-9-2-4-12(18)8-14(9)17/h1-4,7-8,13H,5-6,20H2. The Morgan fingerprint density at radius 1 is 1.05 bits per heavy atom. The van der Waals surface area contributed by atoms with E-state index >= 15 is 0 Å². The predicted octanol–water partition coefficient (Wildman–Crippen LogP) is 4.49. The van der Waals surface area contributed by atoms with Gasteiger partial charge in [-0.25, -0.2) is 8.78 Å². The monoisotopic (exact) mass is 359 g/mol. The Balaban J connectivity index is 2.07. The van der Waals surface area contributed by atoms with Gasteiger partial charge in [-0.2, -0.15) is 0 Å². The van der Waals surface area contributed by atoms with Gasteiger partial charge in [-0.15, -0.1) is 0 Å². The van der Waals surface area contributed by atoms with Crippen LogP contribution in [-0.4, -0.2) is 6.04 Å². The van der Waals surface area contributed by atoms with Crippen LogP contribution in [0.15, 0.2) is 40.9 Å². The van der Waals surface area contributed by atoms with Crippen LogP contribution >= 0.6 is 27.5 Å². The summed E-state index contributed by atoms with van der Waals surface area (Å²) >= 11 is 9.16. The average Bonchev–Trinajstić information content (AvgIpc) is 2.36. The number of hydrogen-bond acceptors (Lipinski definition) is 1. The molecule has 0 aliphatic rings. The first-order valence-electron chi connectivity index (χ1n) is 6.09. The lowest BCUT2D eigenvalue weighted by Crippen LogP contribution is -2.26. The quantitative estimate of drug-likeness (QED) is 0.854. The normalized spacial score (nSPS) is 12.4. The average molecular weight is 361 g/mol. The Labute approximate surface area is 129 Å². The maximum absolute atomic E-state index is 13.7. The highest BCUT2D eigenvalue weighted by atomic mass is 79.9. The van der Waals surface area contributed by atoms with Crippen LogP contribution in [0.5, 0.6) is 0 Å². The van der Waals surface area contributed by atoms with Crippen LogP contribution < -0.4 is 5.73 Å². The molecule has 1 unspecified atom stereocenters. The number of halogens is 4. The third kappa shape index (κ3) is 4.01. The van der Waals surface area contributed by atoms with E-state index in [2.05, 4.69) is 15.9 Å². The highest BCUT2D eigenvalue weighted by Gasteiger charge is 2.12. The minimum absolute atomic E-state index is 0.284.